The predicted molar refractivity (Wildman–Crippen MR) is 61.5 cm³/mol. The summed E-state index contributed by atoms with van der Waals surface area (Å²) in [5, 5.41) is 2.40. The highest BCUT2D eigenvalue weighted by atomic mass is 19.1. The molecule has 0 bridgehead atoms. The second kappa shape index (κ2) is 6.09. The van der Waals surface area contributed by atoms with Gasteiger partial charge in [-0.05, 0) is 24.1 Å². The first-order valence-electron chi connectivity index (χ1n) is 5.46. The first kappa shape index (κ1) is 14.1. The van der Waals surface area contributed by atoms with Crippen molar-refractivity contribution in [2.75, 3.05) is 0 Å². The topological polar surface area (TPSA) is 72.2 Å². The zero-order valence-electron chi connectivity index (χ0n) is 9.87. The number of amides is 2. The summed E-state index contributed by atoms with van der Waals surface area (Å²) in [5.41, 5.74) is 5.26. The molecule has 4 nitrogen and oxygen atoms in total. The fourth-order valence-electron chi connectivity index (χ4n) is 1.52. The minimum absolute atomic E-state index is 0.198. The number of hydrogen-bond donors (Lipinski definition) is 2. The monoisotopic (exact) mass is 256 g/mol. The van der Waals surface area contributed by atoms with Gasteiger partial charge in [-0.15, -0.1) is 0 Å². The maximum atomic E-state index is 12.9. The van der Waals surface area contributed by atoms with Gasteiger partial charge in [-0.25, -0.2) is 8.78 Å². The zero-order chi connectivity index (χ0) is 13.7. The van der Waals surface area contributed by atoms with Gasteiger partial charge in [0.05, 0.1) is 6.42 Å². The Morgan fingerprint density at radius 1 is 1.28 bits per heavy atom. The van der Waals surface area contributed by atoms with E-state index in [1.54, 1.807) is 6.92 Å². The van der Waals surface area contributed by atoms with E-state index >= 15 is 0 Å². The lowest BCUT2D eigenvalue weighted by atomic mass is 10.1. The van der Waals surface area contributed by atoms with E-state index < -0.39 is 29.5 Å². The van der Waals surface area contributed by atoms with Crippen molar-refractivity contribution >= 4 is 11.8 Å². The first-order chi connectivity index (χ1) is 8.42. The molecule has 0 spiro atoms. The highest BCUT2D eigenvalue weighted by molar-refractivity contribution is 5.87. The average Bonchev–Trinajstić information content (AvgIpc) is 2.23. The molecule has 3 N–H and O–H groups in total. The number of primary amides is 1. The third-order valence-electron chi connectivity index (χ3n) is 2.37. The van der Waals surface area contributed by atoms with E-state index in [0.29, 0.717) is 6.42 Å². The van der Waals surface area contributed by atoms with Gasteiger partial charge in [0.2, 0.25) is 11.8 Å². The van der Waals surface area contributed by atoms with Gasteiger partial charge in [-0.2, -0.15) is 0 Å². The summed E-state index contributed by atoms with van der Waals surface area (Å²) < 4.78 is 25.8. The molecule has 1 unspecified atom stereocenters. The van der Waals surface area contributed by atoms with Crippen molar-refractivity contribution in [3.63, 3.8) is 0 Å². The van der Waals surface area contributed by atoms with Crippen LogP contribution in [0.5, 0.6) is 0 Å². The Balaban J connectivity index is 2.67. The molecule has 1 aromatic carbocycles. The van der Waals surface area contributed by atoms with Crippen LogP contribution in [0, 0.1) is 11.6 Å². The molecule has 0 aromatic heterocycles. The largest absolute Gasteiger partial charge is 0.368 e. The van der Waals surface area contributed by atoms with Crippen molar-refractivity contribution < 1.29 is 18.4 Å². The van der Waals surface area contributed by atoms with Crippen LogP contribution in [0.3, 0.4) is 0 Å². The fourth-order valence-corrected chi connectivity index (χ4v) is 1.52. The molecule has 0 aliphatic rings. The SMILES string of the molecule is CCC(NC(=O)Cc1cc(F)cc(F)c1)C(N)=O. The molecule has 0 fully saturated rings. The number of rotatable bonds is 5. The number of hydrogen-bond acceptors (Lipinski definition) is 2. The Labute approximate surface area is 103 Å². The number of benzene rings is 1. The fraction of sp³-hybridized carbons (Fsp3) is 0.333. The number of carbonyl (C=O) groups is 2. The van der Waals surface area contributed by atoms with Gasteiger partial charge in [-0.3, -0.25) is 9.59 Å². The molecule has 0 saturated heterocycles. The highest BCUT2D eigenvalue weighted by Crippen LogP contribution is 2.08. The van der Waals surface area contributed by atoms with Crippen molar-refractivity contribution in [1.82, 2.24) is 5.32 Å². The number of nitrogens with one attached hydrogen (secondary N) is 1. The quantitative estimate of drug-likeness (QED) is 0.821. The lowest BCUT2D eigenvalue weighted by Gasteiger charge is -2.13. The van der Waals surface area contributed by atoms with Crippen molar-refractivity contribution in [3.05, 3.63) is 35.4 Å². The van der Waals surface area contributed by atoms with E-state index in [9.17, 15) is 18.4 Å². The van der Waals surface area contributed by atoms with E-state index in [1.165, 1.54) is 0 Å². The van der Waals surface area contributed by atoms with E-state index in [2.05, 4.69) is 5.32 Å². The molecule has 1 atom stereocenters. The predicted octanol–water partition coefficient (Wildman–Crippen LogP) is 0.887. The molecule has 0 radical (unpaired) electrons. The number of nitrogens with two attached hydrogens (primary N) is 1. The lowest BCUT2D eigenvalue weighted by molar-refractivity contribution is -0.127. The summed E-state index contributed by atoms with van der Waals surface area (Å²) in [6.45, 7) is 1.69. The molecule has 6 heteroatoms. The summed E-state index contributed by atoms with van der Waals surface area (Å²) in [6, 6.07) is 2.08. The van der Waals surface area contributed by atoms with Crippen LogP contribution in [-0.2, 0) is 16.0 Å². The lowest BCUT2D eigenvalue weighted by Crippen LogP contribution is -2.44. The minimum atomic E-state index is -0.768. The van der Waals surface area contributed by atoms with Gasteiger partial charge >= 0.3 is 0 Å². The van der Waals surface area contributed by atoms with Crippen LogP contribution in [-0.4, -0.2) is 17.9 Å². The summed E-state index contributed by atoms with van der Waals surface area (Å²) in [4.78, 5) is 22.5. The first-order valence-corrected chi connectivity index (χ1v) is 5.46. The Hall–Kier alpha value is -1.98. The molecular weight excluding hydrogens is 242 g/mol. The average molecular weight is 256 g/mol. The van der Waals surface area contributed by atoms with E-state index in [0.717, 1.165) is 18.2 Å². The molecule has 0 heterocycles. The second-order valence-electron chi connectivity index (χ2n) is 3.89. The highest BCUT2D eigenvalue weighted by Gasteiger charge is 2.16. The van der Waals surface area contributed by atoms with Gasteiger partial charge in [0.1, 0.15) is 17.7 Å². The molecule has 0 aliphatic heterocycles. The van der Waals surface area contributed by atoms with E-state index in [1.807, 2.05) is 0 Å². The standard InChI is InChI=1S/C12H14F2N2O2/c1-2-10(12(15)18)16-11(17)5-7-3-8(13)6-9(14)4-7/h3-4,6,10H,2,5H2,1H3,(H2,15,18)(H,16,17). The van der Waals surface area contributed by atoms with Gasteiger partial charge in [0.25, 0.3) is 0 Å². The van der Waals surface area contributed by atoms with Crippen LogP contribution in [0.2, 0.25) is 0 Å². The Morgan fingerprint density at radius 3 is 2.28 bits per heavy atom. The zero-order valence-corrected chi connectivity index (χ0v) is 9.87. The Kier molecular flexibility index (Phi) is 4.76. The smallest absolute Gasteiger partial charge is 0.239 e. The van der Waals surface area contributed by atoms with Gasteiger partial charge in [0.15, 0.2) is 0 Å². The summed E-state index contributed by atoms with van der Waals surface area (Å²) in [5.74, 6) is -2.65. The Morgan fingerprint density at radius 2 is 1.83 bits per heavy atom. The van der Waals surface area contributed by atoms with Crippen molar-refractivity contribution in [2.24, 2.45) is 5.73 Å². The van der Waals surface area contributed by atoms with E-state index in [4.69, 9.17) is 5.73 Å². The molecule has 1 rings (SSSR count). The maximum Gasteiger partial charge on any atom is 0.239 e. The van der Waals surface area contributed by atoms with Crippen LogP contribution in [0.25, 0.3) is 0 Å². The van der Waals surface area contributed by atoms with Crippen LogP contribution in [0.1, 0.15) is 18.9 Å². The van der Waals surface area contributed by atoms with Crippen LogP contribution >= 0.6 is 0 Å². The van der Waals surface area contributed by atoms with Crippen molar-refractivity contribution in [3.8, 4) is 0 Å². The Bertz CT molecular complexity index is 443. The van der Waals surface area contributed by atoms with E-state index in [-0.39, 0.29) is 12.0 Å². The van der Waals surface area contributed by atoms with Crippen LogP contribution in [0.15, 0.2) is 18.2 Å². The summed E-state index contributed by atoms with van der Waals surface area (Å²) in [6.07, 6.45) is 0.150. The number of carbonyl (C=O) groups excluding carboxylic acids is 2. The van der Waals surface area contributed by atoms with Crippen molar-refractivity contribution in [2.45, 2.75) is 25.8 Å². The third-order valence-corrected chi connectivity index (χ3v) is 2.37. The van der Waals surface area contributed by atoms with Gasteiger partial charge < -0.3 is 11.1 Å². The summed E-state index contributed by atoms with van der Waals surface area (Å²) >= 11 is 0. The summed E-state index contributed by atoms with van der Waals surface area (Å²) in [7, 11) is 0. The molecular formula is C12H14F2N2O2. The molecule has 98 valence electrons. The van der Waals surface area contributed by atoms with Crippen molar-refractivity contribution in [1.29, 1.82) is 0 Å². The minimum Gasteiger partial charge on any atom is -0.368 e. The molecule has 18 heavy (non-hydrogen) atoms. The molecule has 0 saturated carbocycles. The van der Waals surface area contributed by atoms with Gasteiger partial charge in [-0.1, -0.05) is 6.92 Å². The third kappa shape index (κ3) is 4.12. The normalized spacial score (nSPS) is 11.9. The van der Waals surface area contributed by atoms with Crippen LogP contribution < -0.4 is 11.1 Å². The number of halogens is 2. The second-order valence-corrected chi connectivity index (χ2v) is 3.89. The molecule has 0 aliphatic carbocycles. The van der Waals surface area contributed by atoms with Crippen LogP contribution in [0.4, 0.5) is 8.78 Å². The van der Waals surface area contributed by atoms with Gasteiger partial charge in [0, 0.05) is 6.07 Å². The molecule has 1 aromatic rings. The molecule has 2 amide bonds. The maximum absolute atomic E-state index is 12.9.